The summed E-state index contributed by atoms with van der Waals surface area (Å²) in [4.78, 5) is 11.8. The van der Waals surface area contributed by atoms with E-state index in [9.17, 15) is 4.79 Å². The van der Waals surface area contributed by atoms with Gasteiger partial charge in [0.05, 0.1) is 0 Å². The van der Waals surface area contributed by atoms with E-state index < -0.39 is 0 Å². The van der Waals surface area contributed by atoms with Crippen molar-refractivity contribution in [3.63, 3.8) is 0 Å². The van der Waals surface area contributed by atoms with Crippen LogP contribution in [0, 0.1) is 6.92 Å². The number of benzene rings is 1. The van der Waals surface area contributed by atoms with Gasteiger partial charge in [-0.3, -0.25) is 10.1 Å². The Labute approximate surface area is 129 Å². The zero-order valence-corrected chi connectivity index (χ0v) is 13.5. The van der Waals surface area contributed by atoms with Crippen LogP contribution in [0.3, 0.4) is 0 Å². The standard InChI is InChI=1S/C13H14BrN3O2S/c1-3-12-16-17-13(20-12)15-11(18)7-19-10-5-4-9(14)6-8(10)2/h4-6H,3,7H2,1-2H3,(H,15,17,18). The fraction of sp³-hybridized carbons (Fsp3) is 0.308. The van der Waals surface area contributed by atoms with Crippen molar-refractivity contribution in [3.8, 4) is 5.75 Å². The van der Waals surface area contributed by atoms with Gasteiger partial charge in [-0.2, -0.15) is 0 Å². The predicted octanol–water partition coefficient (Wildman–Crippen LogP) is 3.19. The van der Waals surface area contributed by atoms with Crippen LogP contribution in [0.15, 0.2) is 22.7 Å². The van der Waals surface area contributed by atoms with Crippen LogP contribution in [0.1, 0.15) is 17.5 Å². The quantitative estimate of drug-likeness (QED) is 0.894. The second-order valence-corrected chi connectivity index (χ2v) is 6.08. The summed E-state index contributed by atoms with van der Waals surface area (Å²) in [5.41, 5.74) is 0.969. The van der Waals surface area contributed by atoms with Gasteiger partial charge >= 0.3 is 0 Å². The van der Waals surface area contributed by atoms with Gasteiger partial charge in [0.25, 0.3) is 5.91 Å². The van der Waals surface area contributed by atoms with Crippen molar-refractivity contribution in [1.82, 2.24) is 10.2 Å². The smallest absolute Gasteiger partial charge is 0.264 e. The Morgan fingerprint density at radius 1 is 1.45 bits per heavy atom. The molecular weight excluding hydrogens is 342 g/mol. The number of halogens is 1. The minimum Gasteiger partial charge on any atom is -0.483 e. The van der Waals surface area contributed by atoms with Crippen LogP contribution >= 0.6 is 27.3 Å². The molecule has 106 valence electrons. The Kier molecular flexibility index (Phi) is 5.08. The summed E-state index contributed by atoms with van der Waals surface area (Å²) in [6.07, 6.45) is 0.808. The molecule has 2 rings (SSSR count). The third-order valence-electron chi connectivity index (χ3n) is 2.51. The largest absolute Gasteiger partial charge is 0.483 e. The molecule has 1 heterocycles. The van der Waals surface area contributed by atoms with Crippen LogP contribution in [-0.2, 0) is 11.2 Å². The zero-order chi connectivity index (χ0) is 14.5. The maximum atomic E-state index is 11.8. The number of ether oxygens (including phenoxy) is 1. The van der Waals surface area contributed by atoms with Gasteiger partial charge in [-0.1, -0.05) is 34.2 Å². The van der Waals surface area contributed by atoms with E-state index in [1.807, 2.05) is 32.0 Å². The van der Waals surface area contributed by atoms with Gasteiger partial charge in [0.15, 0.2) is 6.61 Å². The summed E-state index contributed by atoms with van der Waals surface area (Å²) in [7, 11) is 0. The van der Waals surface area contributed by atoms with E-state index in [0.29, 0.717) is 10.9 Å². The lowest BCUT2D eigenvalue weighted by Crippen LogP contribution is -2.20. The lowest BCUT2D eigenvalue weighted by Gasteiger charge is -2.08. The molecule has 0 saturated heterocycles. The number of carbonyl (C=O) groups is 1. The van der Waals surface area contributed by atoms with Crippen molar-refractivity contribution in [2.75, 3.05) is 11.9 Å². The summed E-state index contributed by atoms with van der Waals surface area (Å²) in [5.74, 6) is 0.445. The summed E-state index contributed by atoms with van der Waals surface area (Å²) < 4.78 is 6.46. The van der Waals surface area contributed by atoms with Crippen LogP contribution in [0.4, 0.5) is 5.13 Å². The molecule has 1 amide bonds. The topological polar surface area (TPSA) is 64.1 Å². The third kappa shape index (κ3) is 4.01. The highest BCUT2D eigenvalue weighted by Crippen LogP contribution is 2.22. The molecule has 0 spiro atoms. The molecule has 0 aliphatic carbocycles. The molecule has 0 bridgehead atoms. The first-order chi connectivity index (χ1) is 9.58. The van der Waals surface area contributed by atoms with Gasteiger partial charge in [-0.05, 0) is 37.1 Å². The maximum absolute atomic E-state index is 11.8. The van der Waals surface area contributed by atoms with Gasteiger partial charge < -0.3 is 4.74 Å². The van der Waals surface area contributed by atoms with Crippen LogP contribution in [-0.4, -0.2) is 22.7 Å². The Morgan fingerprint density at radius 3 is 2.90 bits per heavy atom. The molecule has 20 heavy (non-hydrogen) atoms. The Hall–Kier alpha value is -1.47. The van der Waals surface area contributed by atoms with Crippen molar-refractivity contribution in [2.24, 2.45) is 0 Å². The van der Waals surface area contributed by atoms with Crippen LogP contribution in [0.25, 0.3) is 0 Å². The van der Waals surface area contributed by atoms with Gasteiger partial charge in [0.1, 0.15) is 10.8 Å². The van der Waals surface area contributed by atoms with Gasteiger partial charge in [0, 0.05) is 4.47 Å². The highest BCUT2D eigenvalue weighted by molar-refractivity contribution is 9.10. The highest BCUT2D eigenvalue weighted by Gasteiger charge is 2.09. The predicted molar refractivity (Wildman–Crippen MR) is 82.3 cm³/mol. The number of aryl methyl sites for hydroxylation is 2. The van der Waals surface area contributed by atoms with E-state index in [1.54, 1.807) is 0 Å². The summed E-state index contributed by atoms with van der Waals surface area (Å²) in [6.45, 7) is 3.87. The average Bonchev–Trinajstić information content (AvgIpc) is 2.85. The molecule has 5 nitrogen and oxygen atoms in total. The van der Waals surface area contributed by atoms with Gasteiger partial charge in [-0.25, -0.2) is 0 Å². The molecule has 1 N–H and O–H groups in total. The summed E-state index contributed by atoms with van der Waals surface area (Å²) >= 11 is 4.75. The first-order valence-corrected chi connectivity index (χ1v) is 7.70. The van der Waals surface area contributed by atoms with Crippen LogP contribution < -0.4 is 10.1 Å². The van der Waals surface area contributed by atoms with Crippen molar-refractivity contribution < 1.29 is 9.53 Å². The number of nitrogens with zero attached hydrogens (tertiary/aromatic N) is 2. The molecule has 0 radical (unpaired) electrons. The molecule has 7 heteroatoms. The number of hydrogen-bond acceptors (Lipinski definition) is 5. The molecular formula is C13H14BrN3O2S. The lowest BCUT2D eigenvalue weighted by molar-refractivity contribution is -0.118. The molecule has 1 aromatic heterocycles. The van der Waals surface area contributed by atoms with E-state index in [-0.39, 0.29) is 12.5 Å². The zero-order valence-electron chi connectivity index (χ0n) is 11.1. The number of rotatable bonds is 5. The van der Waals surface area contributed by atoms with E-state index in [2.05, 4.69) is 31.4 Å². The normalized spacial score (nSPS) is 10.3. The fourth-order valence-corrected chi connectivity index (χ4v) is 2.69. The molecule has 0 aliphatic rings. The van der Waals surface area contributed by atoms with E-state index in [4.69, 9.17) is 4.74 Å². The van der Waals surface area contributed by atoms with Gasteiger partial charge in [-0.15, -0.1) is 10.2 Å². The number of nitrogens with one attached hydrogen (secondary N) is 1. The van der Waals surface area contributed by atoms with Crippen LogP contribution in [0.2, 0.25) is 0 Å². The highest BCUT2D eigenvalue weighted by atomic mass is 79.9. The number of anilines is 1. The first kappa shape index (κ1) is 14.9. The summed E-state index contributed by atoms with van der Waals surface area (Å²) in [5, 5.41) is 11.9. The van der Waals surface area contributed by atoms with Gasteiger partial charge in [0.2, 0.25) is 5.13 Å². The Balaban J connectivity index is 1.88. The minimum atomic E-state index is -0.244. The SMILES string of the molecule is CCc1nnc(NC(=O)COc2ccc(Br)cc2C)s1. The van der Waals surface area contributed by atoms with E-state index in [1.165, 1.54) is 11.3 Å². The Bertz CT molecular complexity index is 615. The third-order valence-corrected chi connectivity index (χ3v) is 3.99. The molecule has 0 aliphatic heterocycles. The second-order valence-electron chi connectivity index (χ2n) is 4.10. The lowest BCUT2D eigenvalue weighted by atomic mass is 10.2. The second kappa shape index (κ2) is 6.81. The number of carbonyl (C=O) groups excluding carboxylic acids is 1. The molecule has 0 unspecified atom stereocenters. The molecule has 2 aromatic rings. The molecule has 0 fully saturated rings. The Morgan fingerprint density at radius 2 is 2.25 bits per heavy atom. The molecule has 0 saturated carbocycles. The van der Waals surface area contributed by atoms with Crippen molar-refractivity contribution in [1.29, 1.82) is 0 Å². The molecule has 0 atom stereocenters. The number of aromatic nitrogens is 2. The monoisotopic (exact) mass is 355 g/mol. The average molecular weight is 356 g/mol. The minimum absolute atomic E-state index is 0.0521. The maximum Gasteiger partial charge on any atom is 0.264 e. The van der Waals surface area contributed by atoms with Crippen molar-refractivity contribution >= 4 is 38.3 Å². The molecule has 1 aromatic carbocycles. The first-order valence-electron chi connectivity index (χ1n) is 6.09. The number of amides is 1. The van der Waals surface area contributed by atoms with Crippen LogP contribution in [0.5, 0.6) is 5.75 Å². The van der Waals surface area contributed by atoms with Crippen molar-refractivity contribution in [3.05, 3.63) is 33.2 Å². The fourth-order valence-electron chi connectivity index (χ4n) is 1.52. The van der Waals surface area contributed by atoms with E-state index >= 15 is 0 Å². The number of hydrogen-bond donors (Lipinski definition) is 1. The van der Waals surface area contributed by atoms with E-state index in [0.717, 1.165) is 21.5 Å². The summed E-state index contributed by atoms with van der Waals surface area (Å²) in [6, 6.07) is 5.64. The van der Waals surface area contributed by atoms with Crippen molar-refractivity contribution in [2.45, 2.75) is 20.3 Å².